The number of urea groups is 1. The van der Waals surface area contributed by atoms with E-state index in [0.29, 0.717) is 77.0 Å². The number of hydrogen-bond acceptors (Lipinski definition) is 7. The summed E-state index contributed by atoms with van der Waals surface area (Å²) >= 11 is 6.13. The van der Waals surface area contributed by atoms with E-state index >= 15 is 0 Å². The summed E-state index contributed by atoms with van der Waals surface area (Å²) in [6.07, 6.45) is -3.03. The lowest BCUT2D eigenvalue weighted by atomic mass is 9.83. The molecule has 2 aromatic rings. The van der Waals surface area contributed by atoms with E-state index in [1.165, 1.54) is 23.8 Å². The summed E-state index contributed by atoms with van der Waals surface area (Å²) in [5.74, 6) is 0.201. The predicted molar refractivity (Wildman–Crippen MR) is 186 cm³/mol. The van der Waals surface area contributed by atoms with E-state index < -0.39 is 35.5 Å². The number of anilines is 2. The van der Waals surface area contributed by atoms with E-state index in [1.54, 1.807) is 4.90 Å². The lowest BCUT2D eigenvalue weighted by molar-refractivity contribution is -0.143. The van der Waals surface area contributed by atoms with Gasteiger partial charge in [-0.3, -0.25) is 9.69 Å². The number of halogens is 4. The predicted octanol–water partition coefficient (Wildman–Crippen LogP) is 4.78. The average Bonchev–Trinajstić information content (AvgIpc) is 3.30. The van der Waals surface area contributed by atoms with Crippen LogP contribution in [0.5, 0.6) is 0 Å². The zero-order chi connectivity index (χ0) is 35.9. The number of nitrogen functional groups attached to an aromatic ring is 1. The fraction of sp³-hybridized carbons (Fsp3) is 0.583. The maximum atomic E-state index is 14.1. The Morgan fingerprint density at radius 2 is 1.65 bits per heavy atom. The highest BCUT2D eigenvalue weighted by atomic mass is 35.5. The third-order valence-electron chi connectivity index (χ3n) is 11.5. The van der Waals surface area contributed by atoms with Crippen molar-refractivity contribution < 1.29 is 32.3 Å². The van der Waals surface area contributed by atoms with E-state index in [9.17, 15) is 27.6 Å². The van der Waals surface area contributed by atoms with Gasteiger partial charge in [0.05, 0.1) is 16.3 Å². The molecule has 5 saturated heterocycles. The van der Waals surface area contributed by atoms with Crippen molar-refractivity contribution in [3.63, 3.8) is 0 Å². The molecule has 276 valence electrons. The molecule has 0 spiro atoms. The largest absolute Gasteiger partial charge is 0.436 e. The smallest absolute Gasteiger partial charge is 0.418 e. The van der Waals surface area contributed by atoms with Crippen LogP contribution in [0.3, 0.4) is 0 Å². The van der Waals surface area contributed by atoms with E-state index in [2.05, 4.69) is 15.1 Å². The van der Waals surface area contributed by atoms with Gasteiger partial charge in [0.1, 0.15) is 0 Å². The third-order valence-corrected chi connectivity index (χ3v) is 11.8. The molecule has 6 aliphatic heterocycles. The first-order valence-corrected chi connectivity index (χ1v) is 18.3. The Balaban J connectivity index is 1.02. The number of rotatable bonds is 6. The van der Waals surface area contributed by atoms with Crippen LogP contribution in [-0.2, 0) is 28.5 Å². The van der Waals surface area contributed by atoms with Gasteiger partial charge in [0.2, 0.25) is 0 Å². The van der Waals surface area contributed by atoms with E-state index in [4.69, 9.17) is 22.1 Å². The number of piperidine rings is 4. The fourth-order valence-electron chi connectivity index (χ4n) is 8.54. The minimum Gasteiger partial charge on any atom is -0.436 e. The highest BCUT2D eigenvalue weighted by molar-refractivity contribution is 6.33. The van der Waals surface area contributed by atoms with Crippen molar-refractivity contribution in [3.8, 4) is 0 Å². The van der Waals surface area contributed by atoms with Crippen LogP contribution in [0, 0.1) is 5.92 Å². The molecule has 5 fully saturated rings. The molecule has 3 N–H and O–H groups in total. The summed E-state index contributed by atoms with van der Waals surface area (Å²) in [7, 11) is 0. The molecule has 4 amide bonds. The monoisotopic (exact) mass is 731 g/mol. The van der Waals surface area contributed by atoms with Crippen LogP contribution in [0.4, 0.5) is 34.1 Å². The number of ether oxygens (including phenoxy) is 1. The highest BCUT2D eigenvalue weighted by Crippen LogP contribution is 2.38. The van der Waals surface area contributed by atoms with Crippen molar-refractivity contribution in [2.45, 2.75) is 62.9 Å². The summed E-state index contributed by atoms with van der Waals surface area (Å²) in [6.45, 7) is 6.66. The third kappa shape index (κ3) is 7.73. The minimum atomic E-state index is -4.76. The molecule has 1 unspecified atom stereocenters. The summed E-state index contributed by atoms with van der Waals surface area (Å²) in [5, 5.41) is 2.71. The quantitative estimate of drug-likeness (QED) is 0.412. The number of carbonyl (C=O) groups is 3. The van der Waals surface area contributed by atoms with Gasteiger partial charge < -0.3 is 35.4 Å². The van der Waals surface area contributed by atoms with Crippen LogP contribution in [0.1, 0.15) is 42.4 Å². The Labute approximate surface area is 300 Å². The van der Waals surface area contributed by atoms with Crippen LogP contribution >= 0.6 is 11.6 Å². The van der Waals surface area contributed by atoms with Crippen molar-refractivity contribution in [1.29, 1.82) is 0 Å². The van der Waals surface area contributed by atoms with Gasteiger partial charge >= 0.3 is 18.3 Å². The van der Waals surface area contributed by atoms with Crippen molar-refractivity contribution in [2.75, 3.05) is 76.5 Å². The minimum absolute atomic E-state index is 0.0884. The molecule has 2 atom stereocenters. The number of piperazine rings is 1. The molecule has 8 rings (SSSR count). The number of nitrogens with zero attached hydrogens (tertiary/aromatic N) is 5. The van der Waals surface area contributed by atoms with Crippen molar-refractivity contribution in [3.05, 3.63) is 58.1 Å². The standard InChI is InChI=1S/C36H45ClF3N7O4/c37-28-20-23(19-27(32(28)41)36(38,39)40)21-31(33(48)45-17-15-44(16-18-45)30-22-43-10-5-25(30)6-11-43)51-35(50)46-12-8-26(9-13-46)47-14-7-24-3-1-2-4-29(24)42-34(47)49/h1-4,19-20,25-26,30-31H,5-18,21-22,41H2,(H,42,49)/t30-,31?/m0/s1. The summed E-state index contributed by atoms with van der Waals surface area (Å²) in [5.41, 5.74) is 5.92. The number of carbonyl (C=O) groups excluding carboxylic acids is 3. The Bertz CT molecular complexity index is 1620. The molecule has 0 aliphatic carbocycles. The molecule has 0 radical (unpaired) electrons. The molecule has 6 heterocycles. The molecule has 15 heteroatoms. The Kier molecular flexibility index (Phi) is 10.3. The number of likely N-dealkylation sites (tertiary alicyclic amines) is 1. The van der Waals surface area contributed by atoms with E-state index in [1.807, 2.05) is 29.2 Å². The summed E-state index contributed by atoms with van der Waals surface area (Å²) < 4.78 is 47.4. The van der Waals surface area contributed by atoms with Gasteiger partial charge in [0.15, 0.2) is 6.10 Å². The number of para-hydroxylation sites is 1. The molecule has 6 aliphatic rings. The first-order chi connectivity index (χ1) is 24.4. The van der Waals surface area contributed by atoms with Gasteiger partial charge in [-0.05, 0) is 80.4 Å². The van der Waals surface area contributed by atoms with Gasteiger partial charge in [-0.1, -0.05) is 29.8 Å². The van der Waals surface area contributed by atoms with Gasteiger partial charge in [0.25, 0.3) is 5.91 Å². The van der Waals surface area contributed by atoms with E-state index in [0.717, 1.165) is 37.0 Å². The first-order valence-electron chi connectivity index (χ1n) is 18.0. The van der Waals surface area contributed by atoms with Crippen LogP contribution in [0.2, 0.25) is 5.02 Å². The summed E-state index contributed by atoms with van der Waals surface area (Å²) in [4.78, 5) is 50.7. The number of fused-ring (bicyclic) bond motifs is 4. The van der Waals surface area contributed by atoms with Crippen molar-refractivity contribution in [1.82, 2.24) is 24.5 Å². The summed E-state index contributed by atoms with van der Waals surface area (Å²) in [6, 6.07) is 10.1. The highest BCUT2D eigenvalue weighted by Gasteiger charge is 2.41. The number of nitrogens with two attached hydrogens (primary N) is 1. The van der Waals surface area contributed by atoms with Crippen molar-refractivity contribution in [2.24, 2.45) is 5.92 Å². The maximum Gasteiger partial charge on any atom is 0.418 e. The van der Waals surface area contributed by atoms with Gasteiger partial charge in [0, 0.05) is 76.5 Å². The zero-order valence-corrected chi connectivity index (χ0v) is 29.3. The lowest BCUT2D eigenvalue weighted by Gasteiger charge is -2.51. The molecule has 51 heavy (non-hydrogen) atoms. The SMILES string of the molecule is Nc1c(Cl)cc(CC(OC(=O)N2CCC(N3CCc4ccccc4NC3=O)CC2)C(=O)N2CCN([C@H]3CN4CCC3CC4)CC2)cc1C(F)(F)F. The van der Waals surface area contributed by atoms with Crippen LogP contribution in [0.15, 0.2) is 36.4 Å². The van der Waals surface area contributed by atoms with Crippen LogP contribution < -0.4 is 11.1 Å². The normalized spacial score (nSPS) is 25.2. The van der Waals surface area contributed by atoms with Crippen molar-refractivity contribution >= 4 is 41.0 Å². The molecular formula is C36H45ClF3N7O4. The number of alkyl halides is 3. The first kappa shape index (κ1) is 35.6. The molecule has 0 aromatic heterocycles. The number of nitrogens with one attached hydrogen (secondary N) is 1. The number of benzene rings is 2. The van der Waals surface area contributed by atoms with Gasteiger partial charge in [-0.25, -0.2) is 9.59 Å². The molecule has 2 aromatic carbocycles. The van der Waals surface area contributed by atoms with Crippen LogP contribution in [0.25, 0.3) is 0 Å². The van der Waals surface area contributed by atoms with E-state index in [-0.39, 0.29) is 29.1 Å². The molecule has 0 saturated carbocycles. The Hall–Kier alpha value is -3.75. The average molecular weight is 732 g/mol. The molecule has 2 bridgehead atoms. The lowest BCUT2D eigenvalue weighted by Crippen LogP contribution is -2.62. The zero-order valence-electron chi connectivity index (χ0n) is 28.5. The Morgan fingerprint density at radius 1 is 0.941 bits per heavy atom. The fourth-order valence-corrected chi connectivity index (χ4v) is 8.78. The van der Waals surface area contributed by atoms with Gasteiger partial charge in [-0.2, -0.15) is 13.2 Å². The maximum absolute atomic E-state index is 14.1. The number of amides is 4. The molecule has 11 nitrogen and oxygen atoms in total. The second kappa shape index (κ2) is 14.7. The topological polar surface area (TPSA) is 115 Å². The molecular weight excluding hydrogens is 687 g/mol. The Morgan fingerprint density at radius 3 is 2.31 bits per heavy atom. The number of hydrogen-bond donors (Lipinski definition) is 2. The van der Waals surface area contributed by atoms with Gasteiger partial charge in [-0.15, -0.1) is 0 Å². The second-order valence-corrected chi connectivity index (χ2v) is 14.8. The second-order valence-electron chi connectivity index (χ2n) is 14.4. The van der Waals surface area contributed by atoms with Crippen LogP contribution in [-0.4, -0.2) is 126 Å².